The second kappa shape index (κ2) is 4.61. The molecule has 0 radical (unpaired) electrons. The summed E-state index contributed by atoms with van der Waals surface area (Å²) in [6.45, 7) is 2.01. The second-order valence-corrected chi connectivity index (χ2v) is 3.03. The Morgan fingerprint density at radius 2 is 2.43 bits per heavy atom. The Morgan fingerprint density at radius 3 is 2.86 bits per heavy atom. The maximum atomic E-state index is 5.25. The van der Waals surface area contributed by atoms with E-state index in [1.165, 1.54) is 0 Å². The predicted octanol–water partition coefficient (Wildman–Crippen LogP) is -0.480. The molecule has 1 heterocycles. The average Bonchev–Trinajstić information content (AvgIpc) is 2.61. The van der Waals surface area contributed by atoms with E-state index in [4.69, 9.17) is 5.84 Å². The smallest absolute Gasteiger partial charge is 0.205 e. The van der Waals surface area contributed by atoms with E-state index in [1.54, 1.807) is 11.7 Å². The van der Waals surface area contributed by atoms with Crippen LogP contribution in [0.4, 0.5) is 0 Å². The van der Waals surface area contributed by atoms with E-state index in [-0.39, 0.29) is 6.04 Å². The molecule has 6 heteroatoms. The number of aryl methyl sites for hydroxylation is 1. The van der Waals surface area contributed by atoms with Gasteiger partial charge in [-0.25, -0.2) is 5.84 Å². The van der Waals surface area contributed by atoms with E-state index in [9.17, 15) is 0 Å². The predicted molar refractivity (Wildman–Crippen MR) is 55.4 cm³/mol. The van der Waals surface area contributed by atoms with Crippen LogP contribution in [0.3, 0.4) is 0 Å². The van der Waals surface area contributed by atoms with Gasteiger partial charge in [0, 0.05) is 25.9 Å². The Morgan fingerprint density at radius 1 is 1.71 bits per heavy atom. The first-order valence-corrected chi connectivity index (χ1v) is 4.36. The first kappa shape index (κ1) is 10.5. The van der Waals surface area contributed by atoms with Crippen LogP contribution in [0.5, 0.6) is 0 Å². The zero-order valence-corrected chi connectivity index (χ0v) is 8.65. The molecule has 4 N–H and O–H groups in total. The minimum absolute atomic E-state index is 0.124. The number of hydrogen-bond donors (Lipinski definition) is 3. The number of nitrogens with zero attached hydrogens (tertiary/aromatic N) is 3. The summed E-state index contributed by atoms with van der Waals surface area (Å²) in [5, 5.41) is 7.19. The summed E-state index contributed by atoms with van der Waals surface area (Å²) in [6.07, 6.45) is 3.75. The van der Waals surface area contributed by atoms with Crippen LogP contribution in [0.25, 0.3) is 0 Å². The summed E-state index contributed by atoms with van der Waals surface area (Å²) >= 11 is 0. The van der Waals surface area contributed by atoms with E-state index in [0.717, 1.165) is 5.56 Å². The van der Waals surface area contributed by atoms with E-state index in [2.05, 4.69) is 20.8 Å². The van der Waals surface area contributed by atoms with Crippen LogP contribution in [-0.2, 0) is 7.05 Å². The zero-order chi connectivity index (χ0) is 10.6. The van der Waals surface area contributed by atoms with Gasteiger partial charge in [-0.05, 0) is 6.92 Å². The lowest BCUT2D eigenvalue weighted by atomic mass is 10.2. The average molecular weight is 196 g/mol. The highest BCUT2D eigenvalue weighted by atomic mass is 15.3. The molecule has 0 aromatic carbocycles. The van der Waals surface area contributed by atoms with Gasteiger partial charge in [-0.3, -0.25) is 15.1 Å². The van der Waals surface area contributed by atoms with Crippen LogP contribution in [0.2, 0.25) is 0 Å². The number of rotatable bonds is 2. The van der Waals surface area contributed by atoms with Crippen molar-refractivity contribution in [2.24, 2.45) is 17.9 Å². The fourth-order valence-corrected chi connectivity index (χ4v) is 1.12. The van der Waals surface area contributed by atoms with Gasteiger partial charge in [0.25, 0.3) is 0 Å². The highest BCUT2D eigenvalue weighted by Gasteiger charge is 2.08. The maximum Gasteiger partial charge on any atom is 0.205 e. The van der Waals surface area contributed by atoms with E-state index in [0.29, 0.717) is 5.96 Å². The zero-order valence-electron chi connectivity index (χ0n) is 8.65. The van der Waals surface area contributed by atoms with Crippen LogP contribution in [0, 0.1) is 0 Å². The van der Waals surface area contributed by atoms with Crippen molar-refractivity contribution in [2.75, 3.05) is 7.05 Å². The first-order chi connectivity index (χ1) is 6.67. The van der Waals surface area contributed by atoms with Gasteiger partial charge in [-0.2, -0.15) is 5.10 Å². The lowest BCUT2D eigenvalue weighted by Gasteiger charge is -2.14. The largest absolute Gasteiger partial charge is 0.349 e. The van der Waals surface area contributed by atoms with Crippen molar-refractivity contribution in [3.8, 4) is 0 Å². The minimum Gasteiger partial charge on any atom is -0.349 e. The third kappa shape index (κ3) is 2.46. The fourth-order valence-electron chi connectivity index (χ4n) is 1.12. The molecule has 0 aliphatic carbocycles. The Labute approximate surface area is 83.2 Å². The van der Waals surface area contributed by atoms with Gasteiger partial charge in [0.1, 0.15) is 0 Å². The molecule has 1 rings (SSSR count). The van der Waals surface area contributed by atoms with E-state index in [1.807, 2.05) is 26.4 Å². The molecule has 1 aromatic rings. The quantitative estimate of drug-likeness (QED) is 0.258. The monoisotopic (exact) mass is 196 g/mol. The molecule has 0 bridgehead atoms. The molecule has 0 amide bonds. The van der Waals surface area contributed by atoms with Crippen molar-refractivity contribution in [1.29, 1.82) is 0 Å². The molecular weight excluding hydrogens is 180 g/mol. The number of hydrogen-bond acceptors (Lipinski definition) is 3. The summed E-state index contributed by atoms with van der Waals surface area (Å²) in [4.78, 5) is 3.92. The minimum atomic E-state index is 0.124. The van der Waals surface area contributed by atoms with Gasteiger partial charge in [-0.15, -0.1) is 0 Å². The third-order valence-electron chi connectivity index (χ3n) is 1.94. The molecule has 1 aromatic heterocycles. The molecule has 1 atom stereocenters. The highest BCUT2D eigenvalue weighted by Crippen LogP contribution is 2.09. The van der Waals surface area contributed by atoms with Crippen molar-refractivity contribution >= 4 is 5.96 Å². The Hall–Kier alpha value is -1.56. The van der Waals surface area contributed by atoms with Gasteiger partial charge in [0.15, 0.2) is 0 Å². The number of aromatic nitrogens is 2. The molecule has 0 saturated heterocycles. The number of nitrogens with two attached hydrogens (primary N) is 1. The van der Waals surface area contributed by atoms with Gasteiger partial charge in [-0.1, -0.05) is 0 Å². The third-order valence-corrected chi connectivity index (χ3v) is 1.94. The maximum absolute atomic E-state index is 5.25. The van der Waals surface area contributed by atoms with Gasteiger partial charge >= 0.3 is 0 Å². The standard InChI is InChI=1S/C8H16N6/c1-6(12-8(10-2)13-9)7-4-11-14(3)5-7/h4-6H,9H2,1-3H3,(H2,10,12,13). The number of nitrogens with one attached hydrogen (secondary N) is 2. The van der Waals surface area contributed by atoms with E-state index >= 15 is 0 Å². The summed E-state index contributed by atoms with van der Waals surface area (Å²) in [7, 11) is 3.55. The summed E-state index contributed by atoms with van der Waals surface area (Å²) < 4.78 is 1.76. The molecule has 14 heavy (non-hydrogen) atoms. The van der Waals surface area contributed by atoms with Gasteiger partial charge in [0.05, 0.1) is 12.2 Å². The van der Waals surface area contributed by atoms with Crippen molar-refractivity contribution in [3.05, 3.63) is 18.0 Å². The highest BCUT2D eigenvalue weighted by molar-refractivity contribution is 5.79. The molecular formula is C8H16N6. The van der Waals surface area contributed by atoms with Gasteiger partial charge in [0.2, 0.25) is 5.96 Å². The first-order valence-electron chi connectivity index (χ1n) is 4.36. The molecule has 6 nitrogen and oxygen atoms in total. The van der Waals surface area contributed by atoms with Gasteiger partial charge < -0.3 is 5.32 Å². The fraction of sp³-hybridized carbons (Fsp3) is 0.500. The van der Waals surface area contributed by atoms with Crippen molar-refractivity contribution in [2.45, 2.75) is 13.0 Å². The van der Waals surface area contributed by atoms with E-state index < -0.39 is 0 Å². The number of aliphatic imine (C=N–C) groups is 1. The van der Waals surface area contributed by atoms with Crippen LogP contribution in [-0.4, -0.2) is 22.8 Å². The molecule has 0 saturated carbocycles. The Balaban J connectivity index is 2.62. The SMILES string of the molecule is CN=C(NN)NC(C)c1cnn(C)c1. The van der Waals surface area contributed by atoms with Crippen molar-refractivity contribution in [3.63, 3.8) is 0 Å². The molecule has 0 fully saturated rings. The normalized spacial score (nSPS) is 13.9. The number of guanidine groups is 1. The van der Waals surface area contributed by atoms with Crippen LogP contribution in [0.1, 0.15) is 18.5 Å². The Kier molecular flexibility index (Phi) is 3.47. The Bertz CT molecular complexity index is 315. The molecule has 0 aliphatic rings. The summed E-state index contributed by atoms with van der Waals surface area (Å²) in [5.41, 5.74) is 3.56. The van der Waals surface area contributed by atoms with Crippen molar-refractivity contribution < 1.29 is 0 Å². The molecule has 1 unspecified atom stereocenters. The van der Waals surface area contributed by atoms with Crippen molar-refractivity contribution in [1.82, 2.24) is 20.5 Å². The second-order valence-electron chi connectivity index (χ2n) is 3.03. The van der Waals surface area contributed by atoms with Crippen LogP contribution < -0.4 is 16.6 Å². The molecule has 78 valence electrons. The number of hydrazine groups is 1. The summed E-state index contributed by atoms with van der Waals surface area (Å²) in [5.74, 6) is 5.81. The molecule has 0 aliphatic heterocycles. The van der Waals surface area contributed by atoms with Crippen LogP contribution in [0.15, 0.2) is 17.4 Å². The lowest BCUT2D eigenvalue weighted by molar-refractivity contribution is 0.689. The summed E-state index contributed by atoms with van der Waals surface area (Å²) in [6, 6.07) is 0.124. The topological polar surface area (TPSA) is 80.3 Å². The molecule has 0 spiro atoms. The lowest BCUT2D eigenvalue weighted by Crippen LogP contribution is -2.42. The van der Waals surface area contributed by atoms with Crippen LogP contribution >= 0.6 is 0 Å².